The fraction of sp³-hybridized carbons (Fsp3) is 0.464. The number of carbonyl (C=O) groups excluding carboxylic acids is 1. The summed E-state index contributed by atoms with van der Waals surface area (Å²) in [4.78, 5) is 40.5. The number of aromatic amines is 1. The minimum atomic E-state index is -0.535. The Kier molecular flexibility index (Phi) is 9.76. The van der Waals surface area contributed by atoms with Crippen molar-refractivity contribution in [2.75, 3.05) is 6.61 Å². The molecule has 7 nitrogen and oxygen atoms in total. The number of ketones is 1. The summed E-state index contributed by atoms with van der Waals surface area (Å²) in [5.74, 6) is 1.31. The van der Waals surface area contributed by atoms with Crippen LogP contribution in [0.4, 0.5) is 0 Å². The third-order valence-electron chi connectivity index (χ3n) is 6.46. The highest BCUT2D eigenvalue weighted by Gasteiger charge is 2.24. The zero-order valence-electron chi connectivity index (χ0n) is 21.6. The first-order chi connectivity index (χ1) is 17.2. The standard InChI is InChI=1S/C28H35ClN4O3/c1-5-7-8-9-16-36-24-15-12-20(18-30-24)25-31-26(33-27(35)32-25)21-17-19(10-13-22(21)29)11-14-23(34)28(3,4)6-2/h10,12-13,15,17-18H,5-9,11,14,16H2,1-4H3,(H,31,32,33,35). The Bertz CT molecular complexity index is 1220. The topological polar surface area (TPSA) is 97.8 Å². The molecule has 0 bridgehead atoms. The third-order valence-corrected chi connectivity index (χ3v) is 6.79. The van der Waals surface area contributed by atoms with Gasteiger partial charge in [0.15, 0.2) is 5.82 Å². The van der Waals surface area contributed by atoms with Gasteiger partial charge < -0.3 is 4.74 Å². The molecule has 192 valence electrons. The highest BCUT2D eigenvalue weighted by molar-refractivity contribution is 6.33. The van der Waals surface area contributed by atoms with E-state index >= 15 is 0 Å². The molecular formula is C28H35ClN4O3. The number of nitrogens with one attached hydrogen (secondary N) is 1. The number of aromatic nitrogens is 4. The second kappa shape index (κ2) is 12.8. The van der Waals surface area contributed by atoms with Gasteiger partial charge in [-0.25, -0.2) is 14.8 Å². The van der Waals surface area contributed by atoms with E-state index in [0.29, 0.717) is 47.3 Å². The predicted octanol–water partition coefficient (Wildman–Crippen LogP) is 6.44. The highest BCUT2D eigenvalue weighted by Crippen LogP contribution is 2.29. The summed E-state index contributed by atoms with van der Waals surface area (Å²) >= 11 is 6.46. The number of hydrogen-bond donors (Lipinski definition) is 1. The van der Waals surface area contributed by atoms with Gasteiger partial charge in [0.05, 0.1) is 11.6 Å². The average molecular weight is 511 g/mol. The van der Waals surface area contributed by atoms with Crippen LogP contribution in [0.5, 0.6) is 5.88 Å². The number of pyridine rings is 1. The fourth-order valence-corrected chi connectivity index (χ4v) is 3.85. The van der Waals surface area contributed by atoms with Crippen LogP contribution in [0.25, 0.3) is 22.8 Å². The van der Waals surface area contributed by atoms with Gasteiger partial charge in [0.1, 0.15) is 11.6 Å². The van der Waals surface area contributed by atoms with Crippen LogP contribution in [-0.2, 0) is 11.2 Å². The number of H-pyrrole nitrogens is 1. The van der Waals surface area contributed by atoms with Gasteiger partial charge in [-0.15, -0.1) is 0 Å². The molecule has 0 atom stereocenters. The van der Waals surface area contributed by atoms with Crippen molar-refractivity contribution in [2.24, 2.45) is 5.41 Å². The van der Waals surface area contributed by atoms with Crippen LogP contribution in [0.1, 0.15) is 71.8 Å². The molecule has 3 aromatic rings. The largest absolute Gasteiger partial charge is 0.478 e. The van der Waals surface area contributed by atoms with Gasteiger partial charge >= 0.3 is 5.69 Å². The minimum Gasteiger partial charge on any atom is -0.478 e. The van der Waals surface area contributed by atoms with Crippen molar-refractivity contribution in [2.45, 2.75) is 72.6 Å². The van der Waals surface area contributed by atoms with Crippen molar-refractivity contribution in [3.8, 4) is 28.7 Å². The van der Waals surface area contributed by atoms with Crippen molar-refractivity contribution >= 4 is 17.4 Å². The Morgan fingerprint density at radius 3 is 2.58 bits per heavy atom. The molecule has 8 heteroatoms. The Labute approximate surface area is 217 Å². The van der Waals surface area contributed by atoms with Gasteiger partial charge in [-0.05, 0) is 43.0 Å². The van der Waals surface area contributed by atoms with E-state index in [4.69, 9.17) is 16.3 Å². The van der Waals surface area contributed by atoms with Crippen molar-refractivity contribution in [3.63, 3.8) is 0 Å². The zero-order valence-corrected chi connectivity index (χ0v) is 22.3. The quantitative estimate of drug-likeness (QED) is 0.265. The summed E-state index contributed by atoms with van der Waals surface area (Å²) < 4.78 is 5.70. The molecular weight excluding hydrogens is 476 g/mol. The average Bonchev–Trinajstić information content (AvgIpc) is 2.87. The van der Waals surface area contributed by atoms with Crippen LogP contribution in [0.15, 0.2) is 41.3 Å². The summed E-state index contributed by atoms with van der Waals surface area (Å²) in [6.07, 6.45) is 7.90. The predicted molar refractivity (Wildman–Crippen MR) is 143 cm³/mol. The molecule has 3 rings (SSSR count). The molecule has 2 heterocycles. The normalized spacial score (nSPS) is 11.5. The van der Waals surface area contributed by atoms with Gasteiger partial charge in [0.25, 0.3) is 0 Å². The molecule has 0 radical (unpaired) electrons. The minimum absolute atomic E-state index is 0.222. The number of hydrogen-bond acceptors (Lipinski definition) is 6. The summed E-state index contributed by atoms with van der Waals surface area (Å²) in [6.45, 7) is 8.75. The molecule has 0 saturated carbocycles. The number of ether oxygens (including phenoxy) is 1. The van der Waals surface area contributed by atoms with Crippen LogP contribution in [-0.4, -0.2) is 32.3 Å². The number of nitrogens with zero attached hydrogens (tertiary/aromatic N) is 3. The Morgan fingerprint density at radius 2 is 1.89 bits per heavy atom. The highest BCUT2D eigenvalue weighted by atomic mass is 35.5. The SMILES string of the molecule is CCCCCCOc1ccc(-c2nc(-c3cc(CCC(=O)C(C)(C)CC)ccc3Cl)[nH]c(=O)n2)cn1. The lowest BCUT2D eigenvalue weighted by molar-refractivity contribution is -0.127. The number of Topliss-reactive ketones (excluding diaryl/α,β-unsaturated/α-hetero) is 1. The maximum absolute atomic E-state index is 12.6. The lowest BCUT2D eigenvalue weighted by atomic mass is 9.83. The number of carbonyl (C=O) groups is 1. The van der Waals surface area contributed by atoms with E-state index in [9.17, 15) is 9.59 Å². The molecule has 0 aliphatic heterocycles. The number of aryl methyl sites for hydroxylation is 1. The second-order valence-corrected chi connectivity index (χ2v) is 10.0. The van der Waals surface area contributed by atoms with E-state index in [1.807, 2.05) is 32.9 Å². The van der Waals surface area contributed by atoms with E-state index in [1.165, 1.54) is 12.8 Å². The van der Waals surface area contributed by atoms with Gasteiger partial charge in [-0.1, -0.05) is 64.6 Å². The van der Waals surface area contributed by atoms with Crippen molar-refractivity contribution < 1.29 is 9.53 Å². The van der Waals surface area contributed by atoms with Crippen LogP contribution in [0, 0.1) is 5.41 Å². The van der Waals surface area contributed by atoms with E-state index in [1.54, 1.807) is 24.4 Å². The molecule has 36 heavy (non-hydrogen) atoms. The summed E-state index contributed by atoms with van der Waals surface area (Å²) in [6, 6.07) is 9.05. The zero-order chi connectivity index (χ0) is 26.1. The van der Waals surface area contributed by atoms with Crippen molar-refractivity contribution in [1.82, 2.24) is 19.9 Å². The van der Waals surface area contributed by atoms with E-state index < -0.39 is 5.69 Å². The second-order valence-electron chi connectivity index (χ2n) is 9.60. The molecule has 0 saturated heterocycles. The monoisotopic (exact) mass is 510 g/mol. The summed E-state index contributed by atoms with van der Waals surface area (Å²) in [7, 11) is 0. The van der Waals surface area contributed by atoms with Crippen molar-refractivity contribution in [3.05, 3.63) is 57.6 Å². The molecule has 0 aliphatic carbocycles. The smallest absolute Gasteiger partial charge is 0.348 e. The third kappa shape index (κ3) is 7.47. The molecule has 0 fully saturated rings. The number of unbranched alkanes of at least 4 members (excludes halogenated alkanes) is 3. The first kappa shape index (κ1) is 27.5. The molecule has 2 aromatic heterocycles. The van der Waals surface area contributed by atoms with Crippen LogP contribution >= 0.6 is 11.6 Å². The van der Waals surface area contributed by atoms with Crippen molar-refractivity contribution in [1.29, 1.82) is 0 Å². The number of rotatable bonds is 13. The molecule has 0 spiro atoms. The van der Waals surface area contributed by atoms with Gasteiger partial charge in [0.2, 0.25) is 5.88 Å². The van der Waals surface area contributed by atoms with Gasteiger partial charge in [-0.2, -0.15) is 4.98 Å². The van der Waals surface area contributed by atoms with Gasteiger partial charge in [0, 0.05) is 35.2 Å². The Hall–Kier alpha value is -3.06. The Balaban J connectivity index is 1.77. The first-order valence-corrected chi connectivity index (χ1v) is 13.0. The fourth-order valence-electron chi connectivity index (χ4n) is 3.65. The van der Waals surface area contributed by atoms with Crippen LogP contribution in [0.2, 0.25) is 5.02 Å². The van der Waals surface area contributed by atoms with Gasteiger partial charge in [-0.3, -0.25) is 9.78 Å². The molecule has 1 aromatic carbocycles. The summed E-state index contributed by atoms with van der Waals surface area (Å²) in [5, 5.41) is 0.448. The number of benzene rings is 1. The number of halogens is 1. The van der Waals surface area contributed by atoms with E-state index in [-0.39, 0.29) is 17.0 Å². The molecule has 0 amide bonds. The Morgan fingerprint density at radius 1 is 1.08 bits per heavy atom. The van der Waals surface area contributed by atoms with Crippen LogP contribution < -0.4 is 10.4 Å². The lowest BCUT2D eigenvalue weighted by Crippen LogP contribution is -2.23. The van der Waals surface area contributed by atoms with Crippen LogP contribution in [0.3, 0.4) is 0 Å². The molecule has 0 unspecified atom stereocenters. The van der Waals surface area contributed by atoms with E-state index in [2.05, 4.69) is 26.9 Å². The maximum Gasteiger partial charge on any atom is 0.348 e. The van der Waals surface area contributed by atoms with E-state index in [0.717, 1.165) is 24.8 Å². The molecule has 1 N–H and O–H groups in total. The summed E-state index contributed by atoms with van der Waals surface area (Å²) in [5.41, 5.74) is 1.24. The lowest BCUT2D eigenvalue weighted by Gasteiger charge is -2.20. The maximum atomic E-state index is 12.6. The first-order valence-electron chi connectivity index (χ1n) is 12.6. The molecule has 0 aliphatic rings.